The summed E-state index contributed by atoms with van der Waals surface area (Å²) in [6, 6.07) is 8.05. The highest BCUT2D eigenvalue weighted by Crippen LogP contribution is 2.25. The number of amides is 1. The van der Waals surface area contributed by atoms with E-state index in [9.17, 15) is 18.0 Å². The average Bonchev–Trinajstić information content (AvgIpc) is 2.70. The van der Waals surface area contributed by atoms with Crippen LogP contribution in [0.2, 0.25) is 0 Å². The van der Waals surface area contributed by atoms with Crippen LogP contribution in [0.3, 0.4) is 0 Å². The van der Waals surface area contributed by atoms with Crippen molar-refractivity contribution < 1.29 is 22.7 Å². The van der Waals surface area contributed by atoms with Crippen molar-refractivity contribution in [3.05, 3.63) is 71.1 Å². The van der Waals surface area contributed by atoms with Crippen molar-refractivity contribution in [2.75, 3.05) is 31.2 Å². The van der Waals surface area contributed by atoms with E-state index in [1.807, 2.05) is 4.90 Å². The van der Waals surface area contributed by atoms with E-state index in [2.05, 4.69) is 5.32 Å². The van der Waals surface area contributed by atoms with Crippen molar-refractivity contribution in [1.82, 2.24) is 5.32 Å². The molecule has 0 spiro atoms. The molecule has 28 heavy (non-hydrogen) atoms. The van der Waals surface area contributed by atoms with E-state index in [-0.39, 0.29) is 11.4 Å². The second-order valence-corrected chi connectivity index (χ2v) is 6.52. The van der Waals surface area contributed by atoms with Crippen LogP contribution in [-0.2, 0) is 9.53 Å². The van der Waals surface area contributed by atoms with Crippen LogP contribution < -0.4 is 10.2 Å². The van der Waals surface area contributed by atoms with E-state index in [0.29, 0.717) is 32.0 Å². The molecule has 1 unspecified atom stereocenters. The zero-order valence-corrected chi connectivity index (χ0v) is 15.4. The molecule has 0 saturated carbocycles. The summed E-state index contributed by atoms with van der Waals surface area (Å²) < 4.78 is 46.3. The lowest BCUT2D eigenvalue weighted by atomic mass is 10.1. The molecule has 1 N–H and O–H groups in total. The highest BCUT2D eigenvalue weighted by molar-refractivity contribution is 5.92. The van der Waals surface area contributed by atoms with Gasteiger partial charge in [0.2, 0.25) is 5.91 Å². The predicted octanol–water partition coefficient (Wildman–Crippen LogP) is 3.83. The number of hydrogen-bond acceptors (Lipinski definition) is 3. The Hall–Kier alpha value is -2.80. The van der Waals surface area contributed by atoms with Gasteiger partial charge in [0.1, 0.15) is 5.82 Å². The topological polar surface area (TPSA) is 41.6 Å². The minimum Gasteiger partial charge on any atom is -0.378 e. The van der Waals surface area contributed by atoms with Crippen molar-refractivity contribution in [1.29, 1.82) is 0 Å². The van der Waals surface area contributed by atoms with Crippen molar-refractivity contribution in [3.8, 4) is 0 Å². The third kappa shape index (κ3) is 4.72. The molecule has 1 heterocycles. The number of hydrogen-bond donors (Lipinski definition) is 1. The van der Waals surface area contributed by atoms with Crippen molar-refractivity contribution >= 4 is 17.7 Å². The van der Waals surface area contributed by atoms with Crippen LogP contribution in [0.25, 0.3) is 6.08 Å². The Morgan fingerprint density at radius 1 is 1.14 bits per heavy atom. The fourth-order valence-electron chi connectivity index (χ4n) is 3.01. The number of anilines is 1. The lowest BCUT2D eigenvalue weighted by molar-refractivity contribution is -0.117. The maximum absolute atomic E-state index is 14.2. The summed E-state index contributed by atoms with van der Waals surface area (Å²) in [6.45, 7) is 4.05. The molecule has 2 aromatic rings. The number of benzene rings is 2. The Bertz CT molecular complexity index is 880. The molecule has 7 heteroatoms. The fraction of sp³-hybridized carbons (Fsp3) is 0.286. The molecule has 3 rings (SSSR count). The van der Waals surface area contributed by atoms with Gasteiger partial charge in [-0.15, -0.1) is 0 Å². The highest BCUT2D eigenvalue weighted by Gasteiger charge is 2.17. The number of rotatable bonds is 5. The molecule has 1 saturated heterocycles. The molecular formula is C21H21F3N2O2. The quantitative estimate of drug-likeness (QED) is 0.789. The largest absolute Gasteiger partial charge is 0.378 e. The molecule has 4 nitrogen and oxygen atoms in total. The SMILES string of the molecule is CC(NC(=O)/C=C/c1cccc(F)c1F)c1ccc(F)c(N2CCOCC2)c1. The Labute approximate surface area is 161 Å². The van der Waals surface area contributed by atoms with Gasteiger partial charge in [-0.25, -0.2) is 13.2 Å². The molecule has 1 aliphatic rings. The third-order valence-electron chi connectivity index (χ3n) is 4.58. The lowest BCUT2D eigenvalue weighted by Gasteiger charge is -2.29. The van der Waals surface area contributed by atoms with Gasteiger partial charge in [0.05, 0.1) is 24.9 Å². The molecule has 2 aromatic carbocycles. The smallest absolute Gasteiger partial charge is 0.244 e. The Kier molecular flexibility index (Phi) is 6.36. The summed E-state index contributed by atoms with van der Waals surface area (Å²) in [5.41, 5.74) is 1.19. The van der Waals surface area contributed by atoms with Gasteiger partial charge in [-0.1, -0.05) is 18.2 Å². The van der Waals surface area contributed by atoms with E-state index >= 15 is 0 Å². The van der Waals surface area contributed by atoms with E-state index < -0.39 is 23.6 Å². The lowest BCUT2D eigenvalue weighted by Crippen LogP contribution is -2.37. The molecular weight excluding hydrogens is 369 g/mol. The van der Waals surface area contributed by atoms with Crippen LogP contribution in [0.4, 0.5) is 18.9 Å². The summed E-state index contributed by atoms with van der Waals surface area (Å²) >= 11 is 0. The molecule has 1 aliphatic heterocycles. The molecule has 0 radical (unpaired) electrons. The Morgan fingerprint density at radius 3 is 2.64 bits per heavy atom. The molecule has 148 valence electrons. The van der Waals surface area contributed by atoms with Crippen LogP contribution in [0.1, 0.15) is 24.1 Å². The van der Waals surface area contributed by atoms with Gasteiger partial charge in [0.15, 0.2) is 11.6 Å². The molecule has 0 aliphatic carbocycles. The van der Waals surface area contributed by atoms with E-state index in [0.717, 1.165) is 17.7 Å². The van der Waals surface area contributed by atoms with E-state index in [1.54, 1.807) is 19.1 Å². The zero-order valence-electron chi connectivity index (χ0n) is 15.4. The van der Waals surface area contributed by atoms with Crippen molar-refractivity contribution in [2.24, 2.45) is 0 Å². The molecule has 0 aromatic heterocycles. The Balaban J connectivity index is 1.68. The first kappa shape index (κ1) is 19.9. The first-order valence-electron chi connectivity index (χ1n) is 9.00. The number of morpholine rings is 1. The summed E-state index contributed by atoms with van der Waals surface area (Å²) in [7, 11) is 0. The number of carbonyl (C=O) groups excluding carboxylic acids is 1. The van der Waals surface area contributed by atoms with Crippen LogP contribution in [0.15, 0.2) is 42.5 Å². The van der Waals surface area contributed by atoms with Gasteiger partial charge < -0.3 is 15.0 Å². The molecule has 1 amide bonds. The number of ether oxygens (including phenoxy) is 1. The third-order valence-corrected chi connectivity index (χ3v) is 4.58. The zero-order chi connectivity index (χ0) is 20.1. The maximum atomic E-state index is 14.2. The molecule has 0 bridgehead atoms. The van der Waals surface area contributed by atoms with Gasteiger partial charge in [-0.3, -0.25) is 4.79 Å². The summed E-state index contributed by atoms with van der Waals surface area (Å²) in [6.07, 6.45) is 2.35. The Morgan fingerprint density at radius 2 is 1.89 bits per heavy atom. The number of nitrogens with one attached hydrogen (secondary N) is 1. The van der Waals surface area contributed by atoms with Crippen LogP contribution >= 0.6 is 0 Å². The monoisotopic (exact) mass is 390 g/mol. The first-order chi connectivity index (χ1) is 13.5. The van der Waals surface area contributed by atoms with Gasteiger partial charge >= 0.3 is 0 Å². The summed E-state index contributed by atoms with van der Waals surface area (Å²) in [5.74, 6) is -2.77. The number of halogens is 3. The molecule has 1 atom stereocenters. The van der Waals surface area contributed by atoms with Crippen molar-refractivity contribution in [3.63, 3.8) is 0 Å². The standard InChI is InChI=1S/C21H21F3N2O2/c1-14(25-20(27)8-6-15-3-2-4-18(23)21(15)24)16-5-7-17(22)19(13-16)26-9-11-28-12-10-26/h2-8,13-14H,9-12H2,1H3,(H,25,27)/b8-6+. The van der Waals surface area contributed by atoms with E-state index in [1.165, 1.54) is 24.3 Å². The predicted molar refractivity (Wildman–Crippen MR) is 101 cm³/mol. The highest BCUT2D eigenvalue weighted by atomic mass is 19.2. The normalized spacial score (nSPS) is 15.6. The van der Waals surface area contributed by atoms with Gasteiger partial charge in [-0.05, 0) is 36.8 Å². The van der Waals surface area contributed by atoms with E-state index in [4.69, 9.17) is 4.74 Å². The second kappa shape index (κ2) is 8.93. The maximum Gasteiger partial charge on any atom is 0.244 e. The minimum absolute atomic E-state index is 0.0146. The van der Waals surface area contributed by atoms with Crippen LogP contribution in [0.5, 0.6) is 0 Å². The number of nitrogens with zero attached hydrogens (tertiary/aromatic N) is 1. The number of carbonyl (C=O) groups is 1. The van der Waals surface area contributed by atoms with Gasteiger partial charge in [-0.2, -0.15) is 0 Å². The van der Waals surface area contributed by atoms with Crippen molar-refractivity contribution in [2.45, 2.75) is 13.0 Å². The first-order valence-corrected chi connectivity index (χ1v) is 9.00. The second-order valence-electron chi connectivity index (χ2n) is 6.52. The van der Waals surface area contributed by atoms with Gasteiger partial charge in [0, 0.05) is 24.7 Å². The average molecular weight is 390 g/mol. The van der Waals surface area contributed by atoms with Gasteiger partial charge in [0.25, 0.3) is 0 Å². The summed E-state index contributed by atoms with van der Waals surface area (Å²) in [5, 5.41) is 2.74. The summed E-state index contributed by atoms with van der Waals surface area (Å²) in [4.78, 5) is 14.0. The van der Waals surface area contributed by atoms with Crippen LogP contribution in [-0.4, -0.2) is 32.2 Å². The minimum atomic E-state index is -1.01. The fourth-order valence-corrected chi connectivity index (χ4v) is 3.01. The van der Waals surface area contributed by atoms with Crippen LogP contribution in [0, 0.1) is 17.5 Å². The molecule has 1 fully saturated rings.